The second-order valence-corrected chi connectivity index (χ2v) is 6.60. The molecule has 0 atom stereocenters. The average Bonchev–Trinajstić information content (AvgIpc) is 2.76. The van der Waals surface area contributed by atoms with Crippen LogP contribution in [0.5, 0.6) is 0 Å². The van der Waals surface area contributed by atoms with Crippen LogP contribution in [0.2, 0.25) is 0 Å². The third-order valence-electron chi connectivity index (χ3n) is 3.32. The largest absolute Gasteiger partial charge is 0.396 e. The molecule has 16 heavy (non-hydrogen) atoms. The van der Waals surface area contributed by atoms with Gasteiger partial charge in [-0.15, -0.1) is 0 Å². The van der Waals surface area contributed by atoms with Gasteiger partial charge in [0.25, 0.3) is 0 Å². The lowest BCUT2D eigenvalue weighted by molar-refractivity contribution is 0.155. The minimum Gasteiger partial charge on any atom is -0.396 e. The van der Waals surface area contributed by atoms with Crippen molar-refractivity contribution in [1.29, 1.82) is 0 Å². The van der Waals surface area contributed by atoms with Crippen LogP contribution < -0.4 is 0 Å². The van der Waals surface area contributed by atoms with Gasteiger partial charge in [0, 0.05) is 19.0 Å². The van der Waals surface area contributed by atoms with E-state index >= 15 is 0 Å². The van der Waals surface area contributed by atoms with Gasteiger partial charge in [-0.25, -0.2) is 8.42 Å². The first kappa shape index (κ1) is 11.6. The Balaban J connectivity index is 2.25. The molecule has 0 radical (unpaired) electrons. The molecule has 0 aliphatic carbocycles. The second-order valence-electron chi connectivity index (χ2n) is 4.30. The maximum absolute atomic E-state index is 11.4. The fourth-order valence-corrected chi connectivity index (χ4v) is 3.86. The standard InChI is InChI=1S/C10H16N2O3S/c13-7-2-10(12-6-1-5-11-12)3-8-16(14,15)9-4-10/h1,5-6,13H,2-4,7-9H2. The third kappa shape index (κ3) is 2.12. The van der Waals surface area contributed by atoms with Crippen LogP contribution in [0.1, 0.15) is 19.3 Å². The summed E-state index contributed by atoms with van der Waals surface area (Å²) in [5.74, 6) is 0.375. The highest BCUT2D eigenvalue weighted by Crippen LogP contribution is 2.33. The molecule has 1 aromatic heterocycles. The van der Waals surface area contributed by atoms with Gasteiger partial charge in [-0.05, 0) is 25.3 Å². The Bertz CT molecular complexity index is 425. The summed E-state index contributed by atoms with van der Waals surface area (Å²) in [5.41, 5.74) is -0.316. The predicted molar refractivity (Wildman–Crippen MR) is 59.8 cm³/mol. The van der Waals surface area contributed by atoms with Gasteiger partial charge in [0.1, 0.15) is 0 Å². The Kier molecular flexibility index (Phi) is 3.03. The number of nitrogens with zero attached hydrogens (tertiary/aromatic N) is 2. The zero-order valence-electron chi connectivity index (χ0n) is 9.04. The summed E-state index contributed by atoms with van der Waals surface area (Å²) >= 11 is 0. The first-order valence-electron chi connectivity index (χ1n) is 5.39. The Morgan fingerprint density at radius 3 is 2.56 bits per heavy atom. The normalized spacial score (nSPS) is 23.1. The molecule has 0 spiro atoms. The minimum atomic E-state index is -2.89. The molecule has 1 aromatic rings. The molecule has 0 aromatic carbocycles. The molecule has 1 saturated heterocycles. The second kappa shape index (κ2) is 4.18. The van der Waals surface area contributed by atoms with E-state index in [0.717, 1.165) is 0 Å². The smallest absolute Gasteiger partial charge is 0.150 e. The van der Waals surface area contributed by atoms with Crippen LogP contribution in [0.3, 0.4) is 0 Å². The van der Waals surface area contributed by atoms with E-state index < -0.39 is 9.84 Å². The summed E-state index contributed by atoms with van der Waals surface area (Å²) in [4.78, 5) is 0. The molecule has 0 amide bonds. The Labute approximate surface area is 95.0 Å². The molecule has 6 heteroatoms. The lowest BCUT2D eigenvalue weighted by atomic mass is 9.89. The van der Waals surface area contributed by atoms with Crippen molar-refractivity contribution in [3.05, 3.63) is 18.5 Å². The van der Waals surface area contributed by atoms with Crippen LogP contribution in [0, 0.1) is 0 Å². The molecule has 1 fully saturated rings. The first-order valence-corrected chi connectivity index (χ1v) is 7.22. The van der Waals surface area contributed by atoms with E-state index in [1.807, 2.05) is 12.3 Å². The van der Waals surface area contributed by atoms with E-state index in [2.05, 4.69) is 5.10 Å². The molecule has 0 saturated carbocycles. The SMILES string of the molecule is O=S1(=O)CCC(CCO)(n2cccn2)CC1. The number of aliphatic hydroxyl groups excluding tert-OH is 1. The van der Waals surface area contributed by atoms with E-state index in [9.17, 15) is 8.42 Å². The van der Waals surface area contributed by atoms with Crippen molar-refractivity contribution < 1.29 is 13.5 Å². The molecule has 2 rings (SSSR count). The van der Waals surface area contributed by atoms with E-state index in [1.54, 1.807) is 10.9 Å². The van der Waals surface area contributed by atoms with Crippen molar-refractivity contribution in [3.63, 3.8) is 0 Å². The van der Waals surface area contributed by atoms with Crippen LogP contribution in [0.15, 0.2) is 18.5 Å². The summed E-state index contributed by atoms with van der Waals surface area (Å²) in [7, 11) is -2.89. The molecule has 0 unspecified atom stereocenters. The zero-order valence-corrected chi connectivity index (χ0v) is 9.86. The maximum Gasteiger partial charge on any atom is 0.150 e. The molecule has 5 nitrogen and oxygen atoms in total. The Hall–Kier alpha value is -0.880. The summed E-state index contributed by atoms with van der Waals surface area (Å²) < 4.78 is 24.6. The monoisotopic (exact) mass is 244 g/mol. The predicted octanol–water partition coefficient (Wildman–Crippen LogP) is 0.169. The summed E-state index contributed by atoms with van der Waals surface area (Å²) in [6.07, 6.45) is 5.16. The van der Waals surface area contributed by atoms with Gasteiger partial charge >= 0.3 is 0 Å². The minimum absolute atomic E-state index is 0.0555. The lowest BCUT2D eigenvalue weighted by Gasteiger charge is -2.37. The molecule has 1 aliphatic heterocycles. The van der Waals surface area contributed by atoms with Gasteiger partial charge < -0.3 is 5.11 Å². The van der Waals surface area contributed by atoms with Gasteiger partial charge in [-0.3, -0.25) is 4.68 Å². The highest BCUT2D eigenvalue weighted by atomic mass is 32.2. The highest BCUT2D eigenvalue weighted by Gasteiger charge is 2.38. The summed E-state index contributed by atoms with van der Waals surface area (Å²) in [6, 6.07) is 1.82. The van der Waals surface area contributed by atoms with E-state index in [1.165, 1.54) is 0 Å². The van der Waals surface area contributed by atoms with Gasteiger partial charge in [0.15, 0.2) is 9.84 Å². The Morgan fingerprint density at radius 1 is 1.38 bits per heavy atom. The molecular weight excluding hydrogens is 228 g/mol. The van der Waals surface area contributed by atoms with Crippen molar-refractivity contribution >= 4 is 9.84 Å². The molecule has 0 bridgehead atoms. The van der Waals surface area contributed by atoms with Crippen LogP contribution in [-0.4, -0.2) is 41.4 Å². The number of aliphatic hydroxyl groups is 1. The summed E-state index contributed by atoms with van der Waals surface area (Å²) in [5, 5.41) is 13.3. The summed E-state index contributed by atoms with van der Waals surface area (Å²) in [6.45, 7) is 0.0555. The molecule has 1 N–H and O–H groups in total. The topological polar surface area (TPSA) is 72.2 Å². The highest BCUT2D eigenvalue weighted by molar-refractivity contribution is 7.91. The van der Waals surface area contributed by atoms with Crippen molar-refractivity contribution in [3.8, 4) is 0 Å². The quantitative estimate of drug-likeness (QED) is 0.822. The number of hydrogen-bond donors (Lipinski definition) is 1. The average molecular weight is 244 g/mol. The van der Waals surface area contributed by atoms with E-state index in [4.69, 9.17) is 5.11 Å². The fraction of sp³-hybridized carbons (Fsp3) is 0.700. The van der Waals surface area contributed by atoms with Crippen LogP contribution >= 0.6 is 0 Å². The van der Waals surface area contributed by atoms with Crippen molar-refractivity contribution in [2.24, 2.45) is 0 Å². The van der Waals surface area contributed by atoms with Crippen LogP contribution in [0.25, 0.3) is 0 Å². The number of sulfone groups is 1. The number of rotatable bonds is 3. The maximum atomic E-state index is 11.4. The molecular formula is C10H16N2O3S. The van der Waals surface area contributed by atoms with E-state index in [-0.39, 0.29) is 23.7 Å². The van der Waals surface area contributed by atoms with Crippen molar-refractivity contribution in [2.75, 3.05) is 18.1 Å². The van der Waals surface area contributed by atoms with Crippen LogP contribution in [-0.2, 0) is 15.4 Å². The van der Waals surface area contributed by atoms with Gasteiger partial charge in [0.05, 0.1) is 17.0 Å². The van der Waals surface area contributed by atoms with E-state index in [0.29, 0.717) is 19.3 Å². The van der Waals surface area contributed by atoms with Crippen molar-refractivity contribution in [1.82, 2.24) is 9.78 Å². The Morgan fingerprint density at radius 2 is 2.06 bits per heavy atom. The zero-order chi connectivity index (χ0) is 11.6. The fourth-order valence-electron chi connectivity index (χ4n) is 2.27. The van der Waals surface area contributed by atoms with Crippen molar-refractivity contribution in [2.45, 2.75) is 24.8 Å². The third-order valence-corrected chi connectivity index (χ3v) is 4.98. The lowest BCUT2D eigenvalue weighted by Crippen LogP contribution is -2.43. The number of aromatic nitrogens is 2. The number of hydrogen-bond acceptors (Lipinski definition) is 4. The first-order chi connectivity index (χ1) is 7.58. The molecule has 2 heterocycles. The molecule has 90 valence electrons. The van der Waals surface area contributed by atoms with Gasteiger partial charge in [-0.1, -0.05) is 0 Å². The molecule has 1 aliphatic rings. The van der Waals surface area contributed by atoms with Crippen LogP contribution in [0.4, 0.5) is 0 Å². The van der Waals surface area contributed by atoms with Gasteiger partial charge in [0.2, 0.25) is 0 Å². The van der Waals surface area contributed by atoms with Gasteiger partial charge in [-0.2, -0.15) is 5.10 Å².